The standard InChI is InChI=1S/C31H38ClN3O5/c1-5-6-19-34(4)31(39)28(40-22(3)36)13-9-10-18-33-29(37)20-26-21(2)35(27-12-8-7-11-25(26)27)30(38)23-14-16-24(32)17-15-23/h7-8,11-12,14-17,28H,5-6,9-10,13,18-20H2,1-4H3,(H,33,37). The maximum Gasteiger partial charge on any atom is 0.303 e. The SMILES string of the molecule is CCCCN(C)C(=O)C(CCCCNC(=O)Cc1c(C)n(C(=O)c2ccc(Cl)cc2)c2ccccc12)OC(C)=O. The number of hydrogen-bond acceptors (Lipinski definition) is 5. The van der Waals surface area contributed by atoms with Gasteiger partial charge in [-0.3, -0.25) is 23.7 Å². The van der Waals surface area contributed by atoms with Gasteiger partial charge < -0.3 is 15.0 Å². The Morgan fingerprint density at radius 3 is 2.40 bits per heavy atom. The van der Waals surface area contributed by atoms with Crippen molar-refractivity contribution in [2.24, 2.45) is 0 Å². The van der Waals surface area contributed by atoms with Gasteiger partial charge in [0.1, 0.15) is 0 Å². The van der Waals surface area contributed by atoms with Crippen LogP contribution in [-0.4, -0.2) is 59.4 Å². The number of para-hydroxylation sites is 1. The summed E-state index contributed by atoms with van der Waals surface area (Å²) in [6, 6.07) is 14.3. The van der Waals surface area contributed by atoms with Crippen LogP contribution in [0.2, 0.25) is 5.02 Å². The van der Waals surface area contributed by atoms with Crippen LogP contribution in [0.5, 0.6) is 0 Å². The maximum absolute atomic E-state index is 13.4. The number of hydrogen-bond donors (Lipinski definition) is 1. The van der Waals surface area contributed by atoms with Crippen molar-refractivity contribution in [2.75, 3.05) is 20.1 Å². The van der Waals surface area contributed by atoms with Crippen molar-refractivity contribution in [1.29, 1.82) is 0 Å². The molecule has 3 aromatic rings. The highest BCUT2D eigenvalue weighted by Crippen LogP contribution is 2.27. The lowest BCUT2D eigenvalue weighted by molar-refractivity contribution is -0.158. The van der Waals surface area contributed by atoms with Crippen molar-refractivity contribution in [1.82, 2.24) is 14.8 Å². The van der Waals surface area contributed by atoms with Crippen LogP contribution in [0.1, 0.15) is 67.6 Å². The second kappa shape index (κ2) is 14.7. The van der Waals surface area contributed by atoms with Crippen LogP contribution in [0, 0.1) is 6.92 Å². The zero-order valence-electron chi connectivity index (χ0n) is 23.7. The molecule has 0 saturated carbocycles. The summed E-state index contributed by atoms with van der Waals surface area (Å²) >= 11 is 5.99. The number of rotatable bonds is 13. The number of benzene rings is 2. The third-order valence-electron chi connectivity index (χ3n) is 6.90. The summed E-state index contributed by atoms with van der Waals surface area (Å²) in [6.07, 6.45) is 2.80. The van der Waals surface area contributed by atoms with Gasteiger partial charge in [0.2, 0.25) is 5.91 Å². The zero-order valence-corrected chi connectivity index (χ0v) is 24.4. The van der Waals surface area contributed by atoms with E-state index in [1.165, 1.54) is 6.92 Å². The molecule has 0 aliphatic rings. The number of fused-ring (bicyclic) bond motifs is 1. The molecule has 214 valence electrons. The lowest BCUT2D eigenvalue weighted by Crippen LogP contribution is -2.39. The Balaban J connectivity index is 1.60. The Kier molecular flexibility index (Phi) is 11.3. The third kappa shape index (κ3) is 7.94. The summed E-state index contributed by atoms with van der Waals surface area (Å²) in [5, 5.41) is 4.35. The minimum Gasteiger partial charge on any atom is -0.452 e. The summed E-state index contributed by atoms with van der Waals surface area (Å²) < 4.78 is 6.92. The predicted octanol–water partition coefficient (Wildman–Crippen LogP) is 5.31. The predicted molar refractivity (Wildman–Crippen MR) is 157 cm³/mol. The molecule has 1 N–H and O–H groups in total. The average Bonchev–Trinajstić information content (AvgIpc) is 3.21. The Hall–Kier alpha value is -3.65. The Bertz CT molecular complexity index is 1350. The highest BCUT2D eigenvalue weighted by atomic mass is 35.5. The van der Waals surface area contributed by atoms with Gasteiger partial charge in [0.05, 0.1) is 11.9 Å². The molecule has 9 heteroatoms. The Labute approximate surface area is 240 Å². The van der Waals surface area contributed by atoms with E-state index in [9.17, 15) is 19.2 Å². The van der Waals surface area contributed by atoms with Gasteiger partial charge in [0.25, 0.3) is 11.8 Å². The summed E-state index contributed by atoms with van der Waals surface area (Å²) in [4.78, 5) is 52.1. The van der Waals surface area contributed by atoms with Gasteiger partial charge in [-0.05, 0) is 68.5 Å². The van der Waals surface area contributed by atoms with Crippen molar-refractivity contribution < 1.29 is 23.9 Å². The molecule has 0 bridgehead atoms. The number of nitrogens with zero attached hydrogens (tertiary/aromatic N) is 2. The number of nitrogens with one attached hydrogen (secondary N) is 1. The fourth-order valence-electron chi connectivity index (χ4n) is 4.73. The van der Waals surface area contributed by atoms with E-state index in [0.717, 1.165) is 29.3 Å². The smallest absolute Gasteiger partial charge is 0.303 e. The molecule has 2 aromatic carbocycles. The second-order valence-electron chi connectivity index (χ2n) is 9.96. The van der Waals surface area contributed by atoms with Gasteiger partial charge in [-0.1, -0.05) is 43.1 Å². The van der Waals surface area contributed by atoms with Crippen molar-refractivity contribution in [3.8, 4) is 0 Å². The monoisotopic (exact) mass is 567 g/mol. The number of halogens is 1. The van der Waals surface area contributed by atoms with Gasteiger partial charge in [-0.25, -0.2) is 0 Å². The summed E-state index contributed by atoms with van der Waals surface area (Å²) in [5.74, 6) is -1.03. The first-order valence-electron chi connectivity index (χ1n) is 13.7. The van der Waals surface area contributed by atoms with Crippen molar-refractivity contribution in [3.63, 3.8) is 0 Å². The fourth-order valence-corrected chi connectivity index (χ4v) is 4.86. The minimum atomic E-state index is -0.818. The first-order valence-corrected chi connectivity index (χ1v) is 14.1. The Morgan fingerprint density at radius 1 is 1.02 bits per heavy atom. The molecule has 1 aromatic heterocycles. The summed E-state index contributed by atoms with van der Waals surface area (Å²) in [5.41, 5.74) is 2.76. The number of likely N-dealkylation sites (N-methyl/N-ethyl adjacent to an activating group) is 1. The molecule has 8 nitrogen and oxygen atoms in total. The van der Waals surface area contributed by atoms with E-state index in [1.54, 1.807) is 40.8 Å². The highest BCUT2D eigenvalue weighted by Gasteiger charge is 2.25. The van der Waals surface area contributed by atoms with Crippen molar-refractivity contribution >= 4 is 46.2 Å². The third-order valence-corrected chi connectivity index (χ3v) is 7.15. The van der Waals surface area contributed by atoms with E-state index < -0.39 is 12.1 Å². The van der Waals surface area contributed by atoms with Gasteiger partial charge in [-0.2, -0.15) is 0 Å². The molecular weight excluding hydrogens is 530 g/mol. The molecular formula is C31H38ClN3O5. The quantitative estimate of drug-likeness (QED) is 0.223. The molecule has 0 spiro atoms. The number of unbranched alkanes of at least 4 members (excludes halogenated alkanes) is 2. The summed E-state index contributed by atoms with van der Waals surface area (Å²) in [6.45, 7) is 6.24. The van der Waals surface area contributed by atoms with Crippen LogP contribution >= 0.6 is 11.6 Å². The zero-order chi connectivity index (χ0) is 29.2. The van der Waals surface area contributed by atoms with Crippen LogP contribution in [-0.2, 0) is 25.5 Å². The van der Waals surface area contributed by atoms with Crippen molar-refractivity contribution in [3.05, 3.63) is 70.4 Å². The van der Waals surface area contributed by atoms with Gasteiger partial charge in [-0.15, -0.1) is 0 Å². The number of esters is 1. The van der Waals surface area contributed by atoms with E-state index >= 15 is 0 Å². The van der Waals surface area contributed by atoms with Crippen LogP contribution in [0.3, 0.4) is 0 Å². The molecule has 40 heavy (non-hydrogen) atoms. The average molecular weight is 568 g/mol. The molecule has 0 saturated heterocycles. The maximum atomic E-state index is 13.4. The largest absolute Gasteiger partial charge is 0.452 e. The molecule has 0 aliphatic heterocycles. The summed E-state index contributed by atoms with van der Waals surface area (Å²) in [7, 11) is 1.72. The minimum absolute atomic E-state index is 0.129. The second-order valence-corrected chi connectivity index (χ2v) is 10.4. The molecule has 0 radical (unpaired) electrons. The molecule has 0 aliphatic carbocycles. The lowest BCUT2D eigenvalue weighted by atomic mass is 10.1. The van der Waals surface area contributed by atoms with Crippen LogP contribution in [0.15, 0.2) is 48.5 Å². The van der Waals surface area contributed by atoms with Crippen LogP contribution < -0.4 is 5.32 Å². The molecule has 1 unspecified atom stereocenters. The fraction of sp³-hybridized carbons (Fsp3) is 0.419. The van der Waals surface area contributed by atoms with E-state index in [4.69, 9.17) is 16.3 Å². The number of carbonyl (C=O) groups excluding carboxylic acids is 4. The molecule has 1 heterocycles. The number of amides is 2. The van der Waals surface area contributed by atoms with E-state index in [2.05, 4.69) is 12.2 Å². The van der Waals surface area contributed by atoms with Gasteiger partial charge >= 0.3 is 5.97 Å². The molecule has 2 amide bonds. The normalized spacial score (nSPS) is 11.7. The topological polar surface area (TPSA) is 97.7 Å². The highest BCUT2D eigenvalue weighted by molar-refractivity contribution is 6.30. The van der Waals surface area contributed by atoms with E-state index in [1.807, 2.05) is 31.2 Å². The molecule has 0 fully saturated rings. The van der Waals surface area contributed by atoms with E-state index in [0.29, 0.717) is 48.6 Å². The first kappa shape index (κ1) is 30.9. The number of ether oxygens (including phenoxy) is 1. The Morgan fingerprint density at radius 2 is 1.73 bits per heavy atom. The molecule has 3 rings (SSSR count). The number of carbonyl (C=O) groups is 4. The first-order chi connectivity index (χ1) is 19.1. The van der Waals surface area contributed by atoms with Crippen molar-refractivity contribution in [2.45, 2.75) is 65.4 Å². The van der Waals surface area contributed by atoms with E-state index in [-0.39, 0.29) is 24.1 Å². The van der Waals surface area contributed by atoms with Gasteiger partial charge in [0, 0.05) is 48.7 Å². The van der Waals surface area contributed by atoms with Gasteiger partial charge in [0.15, 0.2) is 6.10 Å². The van der Waals surface area contributed by atoms with Crippen LogP contribution in [0.25, 0.3) is 10.9 Å². The lowest BCUT2D eigenvalue weighted by Gasteiger charge is -2.23. The number of aromatic nitrogens is 1. The molecule has 1 atom stereocenters. The van der Waals surface area contributed by atoms with Crippen LogP contribution in [0.4, 0.5) is 0 Å².